The predicted octanol–water partition coefficient (Wildman–Crippen LogP) is -6.03. The minimum atomic E-state index is -1.24. The molecule has 0 N–H and O–H groups in total. The topological polar surface area (TPSA) is 141 Å². The first-order valence-electron chi connectivity index (χ1n) is 8.01. The fourth-order valence-electron chi connectivity index (χ4n) is 1.50. The first kappa shape index (κ1) is 36.5. The average Bonchev–Trinajstić information content (AvgIpc) is 2.54. The smallest absolute Gasteiger partial charge is 0.545 e. The van der Waals surface area contributed by atoms with Gasteiger partial charge in [-0.25, -0.2) is 0 Å². The molecule has 0 radical (unpaired) electrons. The van der Waals surface area contributed by atoms with Crippen molar-refractivity contribution in [1.82, 2.24) is 0 Å². The van der Waals surface area contributed by atoms with E-state index in [0.29, 0.717) is 0 Å². The number of allylic oxidation sites excluding steroid dienone is 8. The van der Waals surface area contributed by atoms with Gasteiger partial charge in [-0.15, -0.1) is 0 Å². The van der Waals surface area contributed by atoms with Crippen LogP contribution in [0.4, 0.5) is 0 Å². The molecule has 0 bridgehead atoms. The van der Waals surface area contributed by atoms with Crippen LogP contribution in [0.1, 0.15) is 27.7 Å². The molecule has 0 aromatic heterocycles. The molecule has 8 nitrogen and oxygen atoms in total. The summed E-state index contributed by atoms with van der Waals surface area (Å²) in [6.07, 6.45) is 12.6. The Morgan fingerprint density at radius 2 is 1.33 bits per heavy atom. The molecule has 0 aromatic carbocycles. The summed E-state index contributed by atoms with van der Waals surface area (Å²) in [5.41, 5.74) is 0. The molecule has 0 aliphatic carbocycles. The molecule has 0 amide bonds. The summed E-state index contributed by atoms with van der Waals surface area (Å²) in [7, 11) is 0. The van der Waals surface area contributed by atoms with Gasteiger partial charge in [0.05, 0.1) is 11.9 Å². The van der Waals surface area contributed by atoms with E-state index in [-0.39, 0.29) is 86.7 Å². The van der Waals surface area contributed by atoms with Gasteiger partial charge >= 0.3 is 86.9 Å². The summed E-state index contributed by atoms with van der Waals surface area (Å²) in [6.45, 7) is 6.30. The van der Waals surface area contributed by atoms with Crippen LogP contribution in [-0.4, -0.2) is 29.5 Å². The van der Waals surface area contributed by atoms with Gasteiger partial charge in [0.15, 0.2) is 17.5 Å². The minimum Gasteiger partial charge on any atom is -0.545 e. The van der Waals surface area contributed by atoms with Crippen molar-refractivity contribution in [1.29, 1.82) is 0 Å². The van der Waals surface area contributed by atoms with Gasteiger partial charge in [0.25, 0.3) is 0 Å². The van der Waals surface area contributed by atoms with Gasteiger partial charge in [0.2, 0.25) is 0 Å². The molecule has 0 spiro atoms. The number of hydrogen-bond acceptors (Lipinski definition) is 8. The molecule has 10 heteroatoms. The summed E-state index contributed by atoms with van der Waals surface area (Å²) in [4.78, 5) is 52.1. The third-order valence-electron chi connectivity index (χ3n) is 2.61. The van der Waals surface area contributed by atoms with Crippen LogP contribution in [0.15, 0.2) is 60.4 Å². The normalized spacial score (nSPS) is 15.2. The summed E-state index contributed by atoms with van der Waals surface area (Å²) >= 11 is 0. The summed E-state index contributed by atoms with van der Waals surface area (Å²) in [5, 5.41) is 19.3. The van der Waals surface area contributed by atoms with Crippen LogP contribution < -0.4 is 91.2 Å². The second-order valence-electron chi connectivity index (χ2n) is 5.03. The van der Waals surface area contributed by atoms with Crippen molar-refractivity contribution >= 4 is 29.5 Å². The van der Waals surface area contributed by atoms with Crippen LogP contribution in [0.5, 0.6) is 0 Å². The molecule has 1 rings (SSSR count). The Kier molecular flexibility index (Phi) is 27.7. The largest absolute Gasteiger partial charge is 1.00 e. The number of carboxylic acid groups (broad SMARTS) is 2. The molecule has 0 saturated carbocycles. The molecule has 1 aliphatic heterocycles. The number of carbonyl (C=O) groups is 5. The Balaban J connectivity index is -0.000000169. The molecule has 152 valence electrons. The van der Waals surface area contributed by atoms with Crippen molar-refractivity contribution in [2.45, 2.75) is 27.7 Å². The van der Waals surface area contributed by atoms with Gasteiger partial charge in [-0.3, -0.25) is 14.4 Å². The molecule has 1 aliphatic rings. The number of Topliss-reactive ketones (excluding diaryl/α,β-unsaturated/α-hetero) is 1. The number of ether oxygens (including phenoxy) is 1. The standard InChI is InChI=1S/C8H8O4.2C6H8O2.K.Na/c1-4-3-6(10)7(5(2)9)8(11)12-4;2*1-2-3-4-5-6(7)8;;/h3,7H,1-2H3;2*2-5H,1H3,(H,7,8);;/q;;;2*+1/p-2. The van der Waals surface area contributed by atoms with Crippen molar-refractivity contribution in [3.63, 3.8) is 0 Å². The minimum absolute atomic E-state index is 0. The second kappa shape index (κ2) is 22.8. The van der Waals surface area contributed by atoms with Gasteiger partial charge in [0.1, 0.15) is 5.76 Å². The maximum absolute atomic E-state index is 11.1. The summed E-state index contributed by atoms with van der Waals surface area (Å²) in [6, 6.07) is 0. The van der Waals surface area contributed by atoms with E-state index < -0.39 is 35.4 Å². The van der Waals surface area contributed by atoms with Crippen LogP contribution in [0.25, 0.3) is 0 Å². The number of esters is 1. The van der Waals surface area contributed by atoms with E-state index in [2.05, 4.69) is 4.74 Å². The van der Waals surface area contributed by atoms with E-state index in [4.69, 9.17) is 0 Å². The third-order valence-corrected chi connectivity index (χ3v) is 2.61. The Morgan fingerprint density at radius 1 is 0.933 bits per heavy atom. The van der Waals surface area contributed by atoms with E-state index in [0.717, 1.165) is 18.2 Å². The zero-order valence-electron chi connectivity index (χ0n) is 18.0. The van der Waals surface area contributed by atoms with Gasteiger partial charge in [-0.2, -0.15) is 0 Å². The SMILES string of the molecule is CC(=O)C1C(=O)C=C(C)OC1=O.CC=CC=CC(=O)[O-].CC=CC=CC(=O)[O-].[K+].[Na+]. The van der Waals surface area contributed by atoms with Gasteiger partial charge in [-0.05, 0) is 39.8 Å². The zero-order chi connectivity index (χ0) is 22.1. The fourth-order valence-corrected chi connectivity index (χ4v) is 1.50. The Morgan fingerprint density at radius 3 is 1.60 bits per heavy atom. The molecule has 1 atom stereocenters. The van der Waals surface area contributed by atoms with Crippen molar-refractivity contribution in [2.24, 2.45) is 5.92 Å². The van der Waals surface area contributed by atoms with Gasteiger partial charge in [0, 0.05) is 6.08 Å². The first-order chi connectivity index (χ1) is 13.1. The third kappa shape index (κ3) is 21.8. The Hall–Kier alpha value is -0.914. The maximum atomic E-state index is 11.1. The summed E-state index contributed by atoms with van der Waals surface area (Å²) < 4.78 is 4.61. The number of carbonyl (C=O) groups excluding carboxylic acids is 5. The molecule has 0 aromatic rings. The van der Waals surface area contributed by atoms with Crippen molar-refractivity contribution in [3.8, 4) is 0 Å². The summed E-state index contributed by atoms with van der Waals surface area (Å²) in [5.74, 6) is -5.07. The number of cyclic esters (lactones) is 1. The second-order valence-corrected chi connectivity index (χ2v) is 5.03. The van der Waals surface area contributed by atoms with E-state index in [9.17, 15) is 34.2 Å². The maximum Gasteiger partial charge on any atom is 1.00 e. The van der Waals surface area contributed by atoms with Crippen molar-refractivity contribution in [2.75, 3.05) is 0 Å². The van der Waals surface area contributed by atoms with Crippen molar-refractivity contribution in [3.05, 3.63) is 60.4 Å². The van der Waals surface area contributed by atoms with Crippen LogP contribution >= 0.6 is 0 Å². The quantitative estimate of drug-likeness (QED) is 0.132. The van der Waals surface area contributed by atoms with E-state index in [1.165, 1.54) is 26.0 Å². The van der Waals surface area contributed by atoms with Crippen LogP contribution in [0.3, 0.4) is 0 Å². The van der Waals surface area contributed by atoms with Crippen molar-refractivity contribution < 1.29 is 120 Å². The fraction of sp³-hybridized carbons (Fsp3) is 0.250. The Labute approximate surface area is 240 Å². The number of hydrogen-bond donors (Lipinski definition) is 0. The molecule has 1 heterocycles. The van der Waals surface area contributed by atoms with Crippen LogP contribution in [-0.2, 0) is 28.7 Å². The van der Waals surface area contributed by atoms with E-state index >= 15 is 0 Å². The molecule has 0 saturated heterocycles. The number of carboxylic acids is 2. The Bertz CT molecular complexity index is 701. The monoisotopic (exact) mass is 452 g/mol. The van der Waals surface area contributed by atoms with E-state index in [1.807, 2.05) is 0 Å². The average molecular weight is 452 g/mol. The predicted molar refractivity (Wildman–Crippen MR) is 96.9 cm³/mol. The van der Waals surface area contributed by atoms with Crippen LogP contribution in [0, 0.1) is 5.92 Å². The molecule has 1 unspecified atom stereocenters. The first-order valence-corrected chi connectivity index (χ1v) is 8.01. The number of aliphatic carboxylic acids is 2. The van der Waals surface area contributed by atoms with E-state index in [1.54, 1.807) is 38.2 Å². The zero-order valence-corrected chi connectivity index (χ0v) is 23.2. The van der Waals surface area contributed by atoms with Gasteiger partial charge < -0.3 is 24.5 Å². The van der Waals surface area contributed by atoms with Gasteiger partial charge in [-0.1, -0.05) is 36.5 Å². The molecule has 30 heavy (non-hydrogen) atoms. The number of ketones is 2. The van der Waals surface area contributed by atoms with Crippen LogP contribution in [0.2, 0.25) is 0 Å². The molecule has 0 fully saturated rings. The molecular formula is C20H22KNaO8. The molecular weight excluding hydrogens is 430 g/mol. The number of rotatable bonds is 5.